The minimum Gasteiger partial charge on any atom is -0.385 e. The van der Waals surface area contributed by atoms with Gasteiger partial charge in [0.05, 0.1) is 4.75 Å². The number of methoxy groups -OCH3 is 1. The summed E-state index contributed by atoms with van der Waals surface area (Å²) in [5, 5.41) is 3.19. The maximum absolute atomic E-state index is 11.4. The van der Waals surface area contributed by atoms with Crippen molar-refractivity contribution in [3.8, 4) is 0 Å². The van der Waals surface area contributed by atoms with Gasteiger partial charge in [-0.3, -0.25) is 0 Å². The summed E-state index contributed by atoms with van der Waals surface area (Å²) in [7, 11) is -1.28. The summed E-state index contributed by atoms with van der Waals surface area (Å²) < 4.78 is 27.1. The fraction of sp³-hybridized carbons (Fsp3) is 1.00. The molecule has 0 aromatic heterocycles. The Morgan fingerprint density at radius 3 is 2.31 bits per heavy atom. The number of rotatable bonds is 9. The van der Waals surface area contributed by atoms with Gasteiger partial charge in [0.15, 0.2) is 9.84 Å². The second kappa shape index (κ2) is 7.25. The van der Waals surface area contributed by atoms with Crippen molar-refractivity contribution >= 4 is 9.84 Å². The van der Waals surface area contributed by atoms with Crippen molar-refractivity contribution in [1.82, 2.24) is 5.32 Å². The van der Waals surface area contributed by atoms with Crippen LogP contribution in [0.15, 0.2) is 0 Å². The highest BCUT2D eigenvalue weighted by atomic mass is 32.2. The Bertz CT molecular complexity index is 273. The average Bonchev–Trinajstić information content (AvgIpc) is 2.14. The predicted molar refractivity (Wildman–Crippen MR) is 67.5 cm³/mol. The molecule has 0 aromatic carbocycles. The predicted octanol–water partition coefficient (Wildman–Crippen LogP) is 1.22. The Labute approximate surface area is 99.7 Å². The van der Waals surface area contributed by atoms with E-state index in [2.05, 4.69) is 5.32 Å². The zero-order valence-corrected chi connectivity index (χ0v) is 11.7. The van der Waals surface area contributed by atoms with E-state index in [0.717, 1.165) is 32.4 Å². The van der Waals surface area contributed by atoms with Crippen LogP contribution in [-0.2, 0) is 14.6 Å². The van der Waals surface area contributed by atoms with E-state index in [4.69, 9.17) is 4.74 Å². The molecule has 1 N–H and O–H groups in total. The highest BCUT2D eigenvalue weighted by molar-refractivity contribution is 7.92. The SMILES string of the molecule is COCCCCCNCC(C)(C)S(C)(=O)=O. The van der Waals surface area contributed by atoms with E-state index in [9.17, 15) is 8.42 Å². The van der Waals surface area contributed by atoms with Gasteiger partial charge in [0.25, 0.3) is 0 Å². The Morgan fingerprint density at radius 2 is 1.81 bits per heavy atom. The Kier molecular flexibility index (Phi) is 7.19. The molecule has 0 heterocycles. The fourth-order valence-corrected chi connectivity index (χ4v) is 1.56. The molecule has 0 bridgehead atoms. The summed E-state index contributed by atoms with van der Waals surface area (Å²) >= 11 is 0. The van der Waals surface area contributed by atoms with Gasteiger partial charge in [-0.1, -0.05) is 0 Å². The van der Waals surface area contributed by atoms with Gasteiger partial charge in [0.2, 0.25) is 0 Å². The third-order valence-electron chi connectivity index (χ3n) is 2.76. The highest BCUT2D eigenvalue weighted by Gasteiger charge is 2.29. The molecule has 0 unspecified atom stereocenters. The van der Waals surface area contributed by atoms with Gasteiger partial charge in [-0.15, -0.1) is 0 Å². The second-order valence-electron chi connectivity index (χ2n) is 4.76. The van der Waals surface area contributed by atoms with Crippen LogP contribution < -0.4 is 5.32 Å². The van der Waals surface area contributed by atoms with Gasteiger partial charge in [-0.25, -0.2) is 8.42 Å². The summed E-state index contributed by atoms with van der Waals surface area (Å²) in [6.45, 7) is 5.67. The molecule has 0 atom stereocenters. The number of ether oxygens (including phenoxy) is 1. The summed E-state index contributed by atoms with van der Waals surface area (Å²) in [6.07, 6.45) is 4.52. The third kappa shape index (κ3) is 6.45. The van der Waals surface area contributed by atoms with E-state index < -0.39 is 14.6 Å². The number of hydrogen-bond donors (Lipinski definition) is 1. The molecule has 0 fully saturated rings. The molecule has 0 aliphatic carbocycles. The monoisotopic (exact) mass is 251 g/mol. The molecule has 4 nitrogen and oxygen atoms in total. The van der Waals surface area contributed by atoms with Crippen molar-refractivity contribution in [1.29, 1.82) is 0 Å². The Balaban J connectivity index is 3.59. The first-order valence-corrected chi connectivity index (χ1v) is 7.59. The quantitative estimate of drug-likeness (QED) is 0.626. The topological polar surface area (TPSA) is 55.4 Å². The van der Waals surface area contributed by atoms with E-state index in [0.29, 0.717) is 6.54 Å². The lowest BCUT2D eigenvalue weighted by Gasteiger charge is -2.22. The maximum atomic E-state index is 11.4. The van der Waals surface area contributed by atoms with Gasteiger partial charge in [0.1, 0.15) is 0 Å². The van der Waals surface area contributed by atoms with Crippen LogP contribution in [0.4, 0.5) is 0 Å². The fourth-order valence-electron chi connectivity index (χ4n) is 1.19. The van der Waals surface area contributed by atoms with Crippen LogP contribution in [0, 0.1) is 0 Å². The molecule has 0 aliphatic rings. The van der Waals surface area contributed by atoms with Crippen molar-refractivity contribution in [3.05, 3.63) is 0 Å². The van der Waals surface area contributed by atoms with Crippen LogP contribution in [-0.4, -0.2) is 46.2 Å². The molecule has 0 saturated heterocycles. The van der Waals surface area contributed by atoms with E-state index in [1.807, 2.05) is 0 Å². The van der Waals surface area contributed by atoms with E-state index in [-0.39, 0.29) is 0 Å². The first-order chi connectivity index (χ1) is 7.31. The largest absolute Gasteiger partial charge is 0.385 e. The standard InChI is InChI=1S/C11H25NO3S/c1-11(2,16(4,13)14)10-12-8-6-5-7-9-15-3/h12H,5-10H2,1-4H3. The molecule has 16 heavy (non-hydrogen) atoms. The lowest BCUT2D eigenvalue weighted by atomic mass is 10.2. The molecule has 5 heteroatoms. The minimum absolute atomic E-state index is 0.510. The molecule has 0 spiro atoms. The molecule has 0 aliphatic heterocycles. The Morgan fingerprint density at radius 1 is 1.19 bits per heavy atom. The van der Waals surface area contributed by atoms with Crippen molar-refractivity contribution in [2.45, 2.75) is 37.9 Å². The van der Waals surface area contributed by atoms with Gasteiger partial charge in [-0.2, -0.15) is 0 Å². The van der Waals surface area contributed by atoms with Crippen LogP contribution in [0.2, 0.25) is 0 Å². The van der Waals surface area contributed by atoms with Crippen LogP contribution in [0.5, 0.6) is 0 Å². The average molecular weight is 251 g/mol. The lowest BCUT2D eigenvalue weighted by molar-refractivity contribution is 0.192. The van der Waals surface area contributed by atoms with Crippen molar-refractivity contribution in [2.24, 2.45) is 0 Å². The van der Waals surface area contributed by atoms with Crippen molar-refractivity contribution in [2.75, 3.05) is 33.1 Å². The summed E-state index contributed by atoms with van der Waals surface area (Å²) in [6, 6.07) is 0. The smallest absolute Gasteiger partial charge is 0.153 e. The molecule has 98 valence electrons. The van der Waals surface area contributed by atoms with Crippen molar-refractivity contribution in [3.63, 3.8) is 0 Å². The molecule has 0 aromatic rings. The van der Waals surface area contributed by atoms with Crippen molar-refractivity contribution < 1.29 is 13.2 Å². The second-order valence-corrected chi connectivity index (χ2v) is 7.41. The van der Waals surface area contributed by atoms with Gasteiger partial charge >= 0.3 is 0 Å². The number of unbranched alkanes of at least 4 members (excludes halogenated alkanes) is 2. The molecule has 0 rings (SSSR count). The summed E-state index contributed by atoms with van der Waals surface area (Å²) in [5.41, 5.74) is 0. The summed E-state index contributed by atoms with van der Waals surface area (Å²) in [5.74, 6) is 0. The molecular formula is C11H25NO3S. The molecule has 0 amide bonds. The number of nitrogens with one attached hydrogen (secondary N) is 1. The van der Waals surface area contributed by atoms with Gasteiger partial charge < -0.3 is 10.1 Å². The lowest BCUT2D eigenvalue weighted by Crippen LogP contribution is -2.41. The van der Waals surface area contributed by atoms with E-state index in [1.165, 1.54) is 6.26 Å². The first-order valence-electron chi connectivity index (χ1n) is 5.70. The number of sulfone groups is 1. The zero-order valence-electron chi connectivity index (χ0n) is 10.9. The van der Waals surface area contributed by atoms with Crippen LogP contribution in [0.1, 0.15) is 33.1 Å². The minimum atomic E-state index is -2.99. The Hall–Kier alpha value is -0.130. The normalized spacial score (nSPS) is 13.0. The molecule has 0 radical (unpaired) electrons. The molecular weight excluding hydrogens is 226 g/mol. The maximum Gasteiger partial charge on any atom is 0.153 e. The van der Waals surface area contributed by atoms with Crippen LogP contribution in [0.3, 0.4) is 0 Å². The van der Waals surface area contributed by atoms with E-state index >= 15 is 0 Å². The first kappa shape index (κ1) is 15.9. The molecule has 0 saturated carbocycles. The highest BCUT2D eigenvalue weighted by Crippen LogP contribution is 2.13. The van der Waals surface area contributed by atoms with E-state index in [1.54, 1.807) is 21.0 Å². The van der Waals surface area contributed by atoms with Gasteiger partial charge in [-0.05, 0) is 39.7 Å². The van der Waals surface area contributed by atoms with Gasteiger partial charge in [0, 0.05) is 26.5 Å². The number of hydrogen-bond acceptors (Lipinski definition) is 4. The van der Waals surface area contributed by atoms with Crippen LogP contribution in [0.25, 0.3) is 0 Å². The zero-order chi connectivity index (χ0) is 12.7. The van der Waals surface area contributed by atoms with Crippen LogP contribution >= 0.6 is 0 Å². The third-order valence-corrected chi connectivity index (χ3v) is 4.91. The summed E-state index contributed by atoms with van der Waals surface area (Å²) in [4.78, 5) is 0.